The number of nitrogens with one attached hydrogen (secondary N) is 2. The molecule has 0 amide bonds. The molecule has 0 unspecified atom stereocenters. The average Bonchev–Trinajstić information content (AvgIpc) is 2.79. The fraction of sp³-hybridized carbons (Fsp3) is 0.667. The fourth-order valence-electron chi connectivity index (χ4n) is 2.13. The highest BCUT2D eigenvalue weighted by Gasteiger charge is 2.21. The number of rotatable bonds is 6. The Morgan fingerprint density at radius 2 is 1.86 bits per heavy atom. The molecule has 0 aromatic carbocycles. The summed E-state index contributed by atoms with van der Waals surface area (Å²) in [6.07, 6.45) is 4.09. The molecule has 21 heavy (non-hydrogen) atoms. The molecule has 6 nitrogen and oxygen atoms in total. The van der Waals surface area contributed by atoms with E-state index in [1.165, 1.54) is 0 Å². The average molecular weight is 290 g/mol. The van der Waals surface area contributed by atoms with E-state index in [-0.39, 0.29) is 5.41 Å². The van der Waals surface area contributed by atoms with Crippen LogP contribution in [-0.4, -0.2) is 39.9 Å². The summed E-state index contributed by atoms with van der Waals surface area (Å²) in [6.45, 7) is 8.33. The quantitative estimate of drug-likeness (QED) is 0.797. The molecule has 6 heteroatoms. The second-order valence-corrected chi connectivity index (χ2v) is 6.39. The van der Waals surface area contributed by atoms with Crippen molar-refractivity contribution in [2.75, 3.05) is 25.5 Å². The minimum Gasteiger partial charge on any atom is -0.369 e. The maximum absolute atomic E-state index is 4.71. The number of anilines is 1. The highest BCUT2D eigenvalue weighted by atomic mass is 15.3. The van der Waals surface area contributed by atoms with Crippen LogP contribution in [0.1, 0.15) is 39.4 Å². The van der Waals surface area contributed by atoms with Crippen molar-refractivity contribution in [2.45, 2.75) is 39.0 Å². The maximum Gasteiger partial charge on any atom is 0.163 e. The Kier molecular flexibility index (Phi) is 4.77. The lowest BCUT2D eigenvalue weighted by Crippen LogP contribution is -2.18. The van der Waals surface area contributed by atoms with Crippen LogP contribution >= 0.6 is 0 Å². The molecular weight excluding hydrogens is 264 g/mol. The topological polar surface area (TPSA) is 67.7 Å². The van der Waals surface area contributed by atoms with Gasteiger partial charge in [0.2, 0.25) is 0 Å². The van der Waals surface area contributed by atoms with Crippen LogP contribution in [0.4, 0.5) is 5.82 Å². The van der Waals surface area contributed by atoms with Gasteiger partial charge in [0.15, 0.2) is 5.65 Å². The van der Waals surface area contributed by atoms with Crippen LogP contribution in [0.25, 0.3) is 11.0 Å². The van der Waals surface area contributed by atoms with E-state index < -0.39 is 0 Å². The summed E-state index contributed by atoms with van der Waals surface area (Å²) < 4.78 is 1.80. The number of hydrogen-bond acceptors (Lipinski definition) is 5. The molecule has 2 aromatic heterocycles. The predicted octanol–water partition coefficient (Wildman–Crippen LogP) is 2.07. The van der Waals surface area contributed by atoms with Crippen LogP contribution in [0.3, 0.4) is 0 Å². The summed E-state index contributed by atoms with van der Waals surface area (Å²) in [5, 5.41) is 11.9. The molecule has 0 atom stereocenters. The standard InChI is InChI=1S/C15H26N6/c1-15(2,3)14-19-12(17-9-7-6-8-16-4)11-10-18-21(5)13(11)20-14/h10,16H,6-9H2,1-5H3,(H,17,19,20). The van der Waals surface area contributed by atoms with Crippen LogP contribution < -0.4 is 10.6 Å². The number of aromatic nitrogens is 4. The molecular formula is C15H26N6. The van der Waals surface area contributed by atoms with E-state index in [0.29, 0.717) is 0 Å². The molecule has 2 rings (SSSR count). The summed E-state index contributed by atoms with van der Waals surface area (Å²) in [4.78, 5) is 9.38. The van der Waals surface area contributed by atoms with Gasteiger partial charge in [-0.05, 0) is 26.4 Å². The lowest BCUT2D eigenvalue weighted by molar-refractivity contribution is 0.547. The first-order valence-corrected chi connectivity index (χ1v) is 7.52. The van der Waals surface area contributed by atoms with Gasteiger partial charge in [0, 0.05) is 19.0 Å². The van der Waals surface area contributed by atoms with Gasteiger partial charge in [-0.1, -0.05) is 20.8 Å². The van der Waals surface area contributed by atoms with Gasteiger partial charge in [0.25, 0.3) is 0 Å². The Morgan fingerprint density at radius 3 is 2.52 bits per heavy atom. The number of unbranched alkanes of at least 4 members (excludes halogenated alkanes) is 1. The Balaban J connectivity index is 2.24. The molecule has 0 fully saturated rings. The zero-order chi connectivity index (χ0) is 15.5. The SMILES string of the molecule is CNCCCCNc1nc(C(C)(C)C)nc2c1cnn2C. The molecule has 0 radical (unpaired) electrons. The van der Waals surface area contributed by atoms with Gasteiger partial charge < -0.3 is 10.6 Å². The summed E-state index contributed by atoms with van der Waals surface area (Å²) >= 11 is 0. The lowest BCUT2D eigenvalue weighted by atomic mass is 9.95. The van der Waals surface area contributed by atoms with Crippen molar-refractivity contribution in [1.29, 1.82) is 0 Å². The Labute approximate surface area is 126 Å². The van der Waals surface area contributed by atoms with Gasteiger partial charge in [-0.2, -0.15) is 5.10 Å². The molecule has 2 heterocycles. The third-order valence-electron chi connectivity index (χ3n) is 3.41. The van der Waals surface area contributed by atoms with Crippen molar-refractivity contribution in [3.05, 3.63) is 12.0 Å². The van der Waals surface area contributed by atoms with Crippen molar-refractivity contribution >= 4 is 16.9 Å². The smallest absolute Gasteiger partial charge is 0.163 e. The third-order valence-corrected chi connectivity index (χ3v) is 3.41. The van der Waals surface area contributed by atoms with Crippen LogP contribution in [0, 0.1) is 0 Å². The van der Waals surface area contributed by atoms with Crippen molar-refractivity contribution in [2.24, 2.45) is 7.05 Å². The summed E-state index contributed by atoms with van der Waals surface area (Å²) in [6, 6.07) is 0. The van der Waals surface area contributed by atoms with E-state index >= 15 is 0 Å². The van der Waals surface area contributed by atoms with E-state index in [1.54, 1.807) is 4.68 Å². The molecule has 0 aliphatic carbocycles. The summed E-state index contributed by atoms with van der Waals surface area (Å²) in [5.41, 5.74) is 0.800. The van der Waals surface area contributed by atoms with E-state index in [2.05, 4.69) is 41.5 Å². The Morgan fingerprint density at radius 1 is 1.14 bits per heavy atom. The second-order valence-electron chi connectivity index (χ2n) is 6.39. The molecule has 116 valence electrons. The molecule has 0 aliphatic heterocycles. The largest absolute Gasteiger partial charge is 0.369 e. The Hall–Kier alpha value is -1.69. The van der Waals surface area contributed by atoms with E-state index in [4.69, 9.17) is 4.98 Å². The molecule has 2 aromatic rings. The van der Waals surface area contributed by atoms with Crippen molar-refractivity contribution in [1.82, 2.24) is 25.1 Å². The number of fused-ring (bicyclic) bond motifs is 1. The second kappa shape index (κ2) is 6.39. The molecule has 0 saturated heterocycles. The monoisotopic (exact) mass is 290 g/mol. The molecule has 2 N–H and O–H groups in total. The minimum absolute atomic E-state index is 0.0823. The van der Waals surface area contributed by atoms with Crippen molar-refractivity contribution < 1.29 is 0 Å². The summed E-state index contributed by atoms with van der Waals surface area (Å²) in [7, 11) is 3.89. The first kappa shape index (κ1) is 15.7. The van der Waals surface area contributed by atoms with Gasteiger partial charge >= 0.3 is 0 Å². The van der Waals surface area contributed by atoms with Crippen LogP contribution in [-0.2, 0) is 12.5 Å². The minimum atomic E-state index is -0.0823. The van der Waals surface area contributed by atoms with Gasteiger partial charge in [-0.15, -0.1) is 0 Å². The first-order valence-electron chi connectivity index (χ1n) is 7.52. The summed E-state index contributed by atoms with van der Waals surface area (Å²) in [5.74, 6) is 1.74. The lowest BCUT2D eigenvalue weighted by Gasteiger charge is -2.18. The highest BCUT2D eigenvalue weighted by molar-refractivity contribution is 5.86. The molecule has 0 aliphatic rings. The van der Waals surface area contributed by atoms with Crippen molar-refractivity contribution in [3.8, 4) is 0 Å². The van der Waals surface area contributed by atoms with Crippen LogP contribution in [0.15, 0.2) is 6.20 Å². The van der Waals surface area contributed by atoms with E-state index in [1.807, 2.05) is 20.3 Å². The number of hydrogen-bond donors (Lipinski definition) is 2. The predicted molar refractivity (Wildman–Crippen MR) is 86.7 cm³/mol. The fourth-order valence-corrected chi connectivity index (χ4v) is 2.13. The Bertz CT molecular complexity index is 596. The molecule has 0 saturated carbocycles. The van der Waals surface area contributed by atoms with Crippen molar-refractivity contribution in [3.63, 3.8) is 0 Å². The van der Waals surface area contributed by atoms with Crippen LogP contribution in [0.2, 0.25) is 0 Å². The normalized spacial score (nSPS) is 12.0. The van der Waals surface area contributed by atoms with E-state index in [9.17, 15) is 0 Å². The van der Waals surface area contributed by atoms with Crippen LogP contribution in [0.5, 0.6) is 0 Å². The first-order chi connectivity index (χ1) is 9.93. The molecule has 0 spiro atoms. The number of aryl methyl sites for hydroxylation is 1. The van der Waals surface area contributed by atoms with Gasteiger partial charge in [-0.25, -0.2) is 9.97 Å². The third kappa shape index (κ3) is 3.69. The van der Waals surface area contributed by atoms with Gasteiger partial charge in [0.1, 0.15) is 11.6 Å². The maximum atomic E-state index is 4.71. The number of nitrogens with zero attached hydrogens (tertiary/aromatic N) is 4. The zero-order valence-electron chi connectivity index (χ0n) is 13.7. The van der Waals surface area contributed by atoms with Gasteiger partial charge in [0.05, 0.1) is 11.6 Å². The van der Waals surface area contributed by atoms with E-state index in [0.717, 1.165) is 48.6 Å². The zero-order valence-corrected chi connectivity index (χ0v) is 13.7. The van der Waals surface area contributed by atoms with Gasteiger partial charge in [-0.3, -0.25) is 4.68 Å². The molecule has 0 bridgehead atoms. The highest BCUT2D eigenvalue weighted by Crippen LogP contribution is 2.25.